The van der Waals surface area contributed by atoms with Crippen molar-refractivity contribution in [1.82, 2.24) is 0 Å². The van der Waals surface area contributed by atoms with Gasteiger partial charge in [0.1, 0.15) is 11.5 Å². The van der Waals surface area contributed by atoms with Gasteiger partial charge in [0.15, 0.2) is 0 Å². The molecule has 8 heteroatoms. The zero-order chi connectivity index (χ0) is 32.7. The van der Waals surface area contributed by atoms with Crippen LogP contribution in [0.3, 0.4) is 0 Å². The first-order chi connectivity index (χ1) is 22.9. The molecule has 0 fully saturated rings. The van der Waals surface area contributed by atoms with Crippen molar-refractivity contribution >= 4 is 17.2 Å². The maximum atomic E-state index is 9.62. The van der Waals surface area contributed by atoms with Crippen LogP contribution in [0.2, 0.25) is 0 Å². The smallest absolute Gasteiger partial charge is 0.391 e. The van der Waals surface area contributed by atoms with Crippen molar-refractivity contribution in [2.75, 3.05) is 0 Å². The van der Waals surface area contributed by atoms with Gasteiger partial charge in [0, 0.05) is 5.41 Å². The van der Waals surface area contributed by atoms with Gasteiger partial charge in [-0.15, -0.1) is 0 Å². The van der Waals surface area contributed by atoms with Gasteiger partial charge in [0.25, 0.3) is 0 Å². The van der Waals surface area contributed by atoms with Crippen LogP contribution in [-0.4, -0.2) is 19.6 Å². The van der Waals surface area contributed by atoms with Gasteiger partial charge in [-0.3, -0.25) is 0 Å². The molecule has 0 radical (unpaired) electrons. The molecule has 6 nitrogen and oxygen atoms in total. The van der Waals surface area contributed by atoms with Gasteiger partial charge in [-0.25, -0.2) is 0 Å². The van der Waals surface area contributed by atoms with Gasteiger partial charge in [0.05, 0.1) is 5.41 Å². The molecule has 0 amide bonds. The Morgan fingerprint density at radius 2 is 0.702 bits per heavy atom. The number of benzene rings is 6. The molecule has 0 unspecified atom stereocenters. The first-order valence-electron chi connectivity index (χ1n) is 15.1. The lowest BCUT2D eigenvalue weighted by atomic mass is 9.47. The quantitative estimate of drug-likeness (QED) is 0.0777. The molecule has 6 aromatic rings. The highest BCUT2D eigenvalue weighted by Gasteiger charge is 2.56. The van der Waals surface area contributed by atoms with Gasteiger partial charge in [-0.05, 0) is 64.1 Å². The van der Waals surface area contributed by atoms with E-state index in [0.717, 1.165) is 33.4 Å². The molecular weight excluding hydrogens is 626 g/mol. The highest BCUT2D eigenvalue weighted by molar-refractivity contribution is 7.40. The zero-order valence-electron chi connectivity index (χ0n) is 25.4. The summed E-state index contributed by atoms with van der Waals surface area (Å²) >= 11 is 0. The van der Waals surface area contributed by atoms with Gasteiger partial charge >= 0.3 is 17.2 Å². The van der Waals surface area contributed by atoms with Crippen molar-refractivity contribution in [3.05, 3.63) is 203 Å². The molecule has 6 rings (SSSR count). The SMILES string of the molecule is OP(O)Oc1ccc(C(Cc2ccccc2)(c2ccc(OP(O)O)cc2)C(c2ccccc2)(c2ccccc2)c2ccccc2)cc1. The summed E-state index contributed by atoms with van der Waals surface area (Å²) in [5, 5.41) is 0. The van der Waals surface area contributed by atoms with Gasteiger partial charge in [-0.1, -0.05) is 146 Å². The Balaban J connectivity index is 1.80. The Morgan fingerprint density at radius 1 is 0.383 bits per heavy atom. The summed E-state index contributed by atoms with van der Waals surface area (Å²) < 4.78 is 10.6. The molecule has 0 saturated carbocycles. The first kappa shape index (κ1) is 32.6. The van der Waals surface area contributed by atoms with E-state index in [0.29, 0.717) is 17.9 Å². The highest BCUT2D eigenvalue weighted by Crippen LogP contribution is 2.58. The van der Waals surface area contributed by atoms with E-state index in [4.69, 9.17) is 9.05 Å². The molecule has 236 valence electrons. The van der Waals surface area contributed by atoms with Crippen LogP contribution in [0, 0.1) is 0 Å². The third-order valence-corrected chi connectivity index (χ3v) is 9.39. The topological polar surface area (TPSA) is 99.4 Å². The molecule has 0 heterocycles. The van der Waals surface area contributed by atoms with Crippen molar-refractivity contribution in [3.63, 3.8) is 0 Å². The average molecular weight is 661 g/mol. The van der Waals surface area contributed by atoms with Crippen LogP contribution in [0.5, 0.6) is 11.5 Å². The molecule has 0 aliphatic rings. The minimum atomic E-state index is -2.59. The van der Waals surface area contributed by atoms with Crippen LogP contribution in [-0.2, 0) is 17.3 Å². The average Bonchev–Trinajstić information content (AvgIpc) is 3.10. The van der Waals surface area contributed by atoms with Crippen molar-refractivity contribution in [2.45, 2.75) is 17.3 Å². The molecule has 0 aromatic heterocycles. The summed E-state index contributed by atoms with van der Waals surface area (Å²) in [4.78, 5) is 38.5. The second-order valence-electron chi connectivity index (χ2n) is 11.2. The van der Waals surface area contributed by atoms with E-state index in [-0.39, 0.29) is 0 Å². The van der Waals surface area contributed by atoms with Crippen molar-refractivity contribution < 1.29 is 28.6 Å². The minimum absolute atomic E-state index is 0.339. The fraction of sp³-hybridized carbons (Fsp3) is 0.0769. The Kier molecular flexibility index (Phi) is 10.1. The molecule has 0 aliphatic heterocycles. The maximum Gasteiger partial charge on any atom is 0.391 e. The van der Waals surface area contributed by atoms with Crippen molar-refractivity contribution in [1.29, 1.82) is 0 Å². The summed E-state index contributed by atoms with van der Waals surface area (Å²) in [7, 11) is -5.19. The molecule has 0 bridgehead atoms. The predicted molar refractivity (Wildman–Crippen MR) is 187 cm³/mol. The monoisotopic (exact) mass is 660 g/mol. The summed E-state index contributed by atoms with van der Waals surface area (Å²) in [5.41, 5.74) is 4.48. The van der Waals surface area contributed by atoms with Crippen LogP contribution >= 0.6 is 17.2 Å². The standard InChI is InChI=1S/C39H34O6P2/c40-46(41)44-36-25-21-31(22-26-36)38(29-30-13-5-1-6-14-30,32-23-27-37(28-24-32)45-47(42)43)39(33-15-7-2-8-16-33,34-17-9-3-10-18-34)35-19-11-4-12-20-35/h1-28,40-43H,29H2. The number of hydrogen-bond acceptors (Lipinski definition) is 6. The fourth-order valence-electron chi connectivity index (χ4n) is 6.93. The molecule has 0 atom stereocenters. The number of rotatable bonds is 12. The zero-order valence-corrected chi connectivity index (χ0v) is 27.2. The summed E-state index contributed by atoms with van der Waals surface area (Å²) in [6.07, 6.45) is 0.548. The lowest BCUT2D eigenvalue weighted by Crippen LogP contribution is -2.53. The third-order valence-electron chi connectivity index (χ3n) is 8.64. The Hall–Kier alpha value is -4.38. The molecule has 0 saturated heterocycles. The van der Waals surface area contributed by atoms with E-state index in [1.807, 2.05) is 60.7 Å². The minimum Gasteiger partial charge on any atom is -0.427 e. The predicted octanol–water partition coefficient (Wildman–Crippen LogP) is 8.43. The van der Waals surface area contributed by atoms with Gasteiger partial charge in [-0.2, -0.15) is 0 Å². The summed E-state index contributed by atoms with van der Waals surface area (Å²) in [6.45, 7) is 0. The molecule has 4 N–H and O–H groups in total. The van der Waals surface area contributed by atoms with E-state index in [1.165, 1.54) is 0 Å². The number of hydrogen-bond donors (Lipinski definition) is 4. The van der Waals surface area contributed by atoms with E-state index in [9.17, 15) is 19.6 Å². The van der Waals surface area contributed by atoms with Gasteiger partial charge < -0.3 is 28.6 Å². The van der Waals surface area contributed by atoms with Crippen LogP contribution in [0.15, 0.2) is 170 Å². The lowest BCUT2D eigenvalue weighted by molar-refractivity contribution is 0.351. The van der Waals surface area contributed by atoms with Crippen LogP contribution in [0.25, 0.3) is 0 Å². The van der Waals surface area contributed by atoms with E-state index < -0.39 is 28.0 Å². The normalized spacial score (nSPS) is 11.9. The van der Waals surface area contributed by atoms with E-state index in [2.05, 4.69) is 84.9 Å². The first-order valence-corrected chi connectivity index (χ1v) is 17.4. The van der Waals surface area contributed by atoms with Crippen LogP contribution < -0.4 is 9.05 Å². The summed E-state index contributed by atoms with van der Waals surface area (Å²) in [5.74, 6) is 0.678. The van der Waals surface area contributed by atoms with Crippen LogP contribution in [0.1, 0.15) is 33.4 Å². The molecule has 0 aliphatic carbocycles. The molecular formula is C39H34O6P2. The second kappa shape index (κ2) is 14.6. The summed E-state index contributed by atoms with van der Waals surface area (Å²) in [6, 6.07) is 56.8. The Bertz CT molecular complexity index is 1690. The van der Waals surface area contributed by atoms with Crippen LogP contribution in [0.4, 0.5) is 0 Å². The Morgan fingerprint density at radius 3 is 1.02 bits per heavy atom. The molecule has 0 spiro atoms. The van der Waals surface area contributed by atoms with E-state index >= 15 is 0 Å². The fourth-order valence-corrected chi connectivity index (χ4v) is 7.55. The largest absolute Gasteiger partial charge is 0.427 e. The molecule has 47 heavy (non-hydrogen) atoms. The molecule has 6 aromatic carbocycles. The van der Waals surface area contributed by atoms with Crippen molar-refractivity contribution in [2.24, 2.45) is 0 Å². The Labute approximate surface area is 277 Å². The van der Waals surface area contributed by atoms with Gasteiger partial charge in [0.2, 0.25) is 0 Å². The van der Waals surface area contributed by atoms with E-state index in [1.54, 1.807) is 24.3 Å². The maximum absolute atomic E-state index is 9.62. The second-order valence-corrected chi connectivity index (χ2v) is 12.5. The van der Waals surface area contributed by atoms with Crippen molar-refractivity contribution in [3.8, 4) is 11.5 Å². The highest BCUT2D eigenvalue weighted by atomic mass is 31.2. The lowest BCUT2D eigenvalue weighted by Gasteiger charge is -2.53. The third kappa shape index (κ3) is 6.58.